The first-order chi connectivity index (χ1) is 11.1. The molecule has 5 nitrogen and oxygen atoms in total. The van der Waals surface area contributed by atoms with Crippen molar-refractivity contribution in [1.82, 2.24) is 0 Å². The molecule has 0 aliphatic rings. The van der Waals surface area contributed by atoms with E-state index in [1.807, 2.05) is 30.3 Å². The Hall–Kier alpha value is -2.82. The summed E-state index contributed by atoms with van der Waals surface area (Å²) in [5.41, 5.74) is 1.51. The van der Waals surface area contributed by atoms with Crippen molar-refractivity contribution in [3.63, 3.8) is 0 Å². The number of carbonyl (C=O) groups is 2. The molecule has 2 N–H and O–H groups in total. The van der Waals surface area contributed by atoms with Gasteiger partial charge in [0.1, 0.15) is 5.75 Å². The number of anilines is 1. The predicted molar refractivity (Wildman–Crippen MR) is 87.5 cm³/mol. The summed E-state index contributed by atoms with van der Waals surface area (Å²) >= 11 is 0. The van der Waals surface area contributed by atoms with Gasteiger partial charge >= 0.3 is 5.97 Å². The van der Waals surface area contributed by atoms with Gasteiger partial charge in [0, 0.05) is 12.1 Å². The van der Waals surface area contributed by atoms with Crippen LogP contribution in [0.4, 0.5) is 5.69 Å². The van der Waals surface area contributed by atoms with Gasteiger partial charge in [0.2, 0.25) is 5.91 Å². The molecule has 0 aliphatic heterocycles. The summed E-state index contributed by atoms with van der Waals surface area (Å²) in [6.07, 6.45) is 0.220. The lowest BCUT2D eigenvalue weighted by Gasteiger charge is -2.13. The van der Waals surface area contributed by atoms with Crippen LogP contribution in [-0.2, 0) is 16.0 Å². The highest BCUT2D eigenvalue weighted by Gasteiger charge is 2.21. The Labute approximate surface area is 134 Å². The number of amides is 1. The molecule has 2 aromatic carbocycles. The number of carboxylic acids is 1. The third-order valence-corrected chi connectivity index (χ3v) is 3.48. The van der Waals surface area contributed by atoms with Crippen molar-refractivity contribution in [2.75, 3.05) is 12.4 Å². The molecule has 0 saturated carbocycles. The minimum Gasteiger partial charge on any atom is -0.497 e. The number of aliphatic carboxylic acids is 1. The van der Waals surface area contributed by atoms with E-state index in [1.165, 1.54) is 0 Å². The third-order valence-electron chi connectivity index (χ3n) is 3.48. The zero-order valence-corrected chi connectivity index (χ0v) is 12.9. The fourth-order valence-corrected chi connectivity index (χ4v) is 2.25. The number of ether oxygens (including phenoxy) is 1. The molecule has 0 radical (unpaired) electrons. The van der Waals surface area contributed by atoms with Crippen LogP contribution in [0.3, 0.4) is 0 Å². The Morgan fingerprint density at radius 1 is 1.09 bits per heavy atom. The lowest BCUT2D eigenvalue weighted by Crippen LogP contribution is -2.24. The third kappa shape index (κ3) is 5.14. The van der Waals surface area contributed by atoms with Gasteiger partial charge in [-0.15, -0.1) is 0 Å². The Kier molecular flexibility index (Phi) is 5.74. The molecule has 0 aliphatic carbocycles. The van der Waals surface area contributed by atoms with Crippen LogP contribution in [0.2, 0.25) is 0 Å². The fourth-order valence-electron chi connectivity index (χ4n) is 2.25. The van der Waals surface area contributed by atoms with Crippen LogP contribution >= 0.6 is 0 Å². The highest BCUT2D eigenvalue weighted by atomic mass is 16.5. The number of nitrogens with one attached hydrogen (secondary N) is 1. The minimum absolute atomic E-state index is 0.0732. The fraction of sp³-hybridized carbons (Fsp3) is 0.222. The van der Waals surface area contributed by atoms with E-state index in [0.29, 0.717) is 17.9 Å². The Bertz CT molecular complexity index is 652. The van der Waals surface area contributed by atoms with Crippen LogP contribution in [0.5, 0.6) is 5.75 Å². The van der Waals surface area contributed by atoms with Crippen molar-refractivity contribution in [3.05, 3.63) is 60.2 Å². The minimum atomic E-state index is -0.982. The highest BCUT2D eigenvalue weighted by Crippen LogP contribution is 2.18. The monoisotopic (exact) mass is 313 g/mol. The second-order valence-corrected chi connectivity index (χ2v) is 5.21. The van der Waals surface area contributed by atoms with Crippen LogP contribution in [0, 0.1) is 5.92 Å². The zero-order chi connectivity index (χ0) is 16.7. The molecular formula is C18H19NO4. The van der Waals surface area contributed by atoms with Gasteiger partial charge in [-0.1, -0.05) is 30.3 Å². The maximum Gasteiger partial charge on any atom is 0.307 e. The molecule has 0 unspecified atom stereocenters. The summed E-state index contributed by atoms with van der Waals surface area (Å²) in [6, 6.07) is 16.2. The Morgan fingerprint density at radius 2 is 1.74 bits per heavy atom. The standard InChI is InChI=1S/C18H19NO4/c1-23-16-9-7-13(8-10-16)11-14(18(21)22)12-17(20)19-15-5-3-2-4-6-15/h2-10,14H,11-12H2,1H3,(H,19,20)(H,21,22)/t14-/m0/s1. The van der Waals surface area contributed by atoms with Gasteiger partial charge in [-0.3, -0.25) is 9.59 Å². The smallest absolute Gasteiger partial charge is 0.307 e. The van der Waals surface area contributed by atoms with Crippen molar-refractivity contribution in [2.45, 2.75) is 12.8 Å². The first-order valence-electron chi connectivity index (χ1n) is 7.29. The molecule has 2 rings (SSSR count). The maximum absolute atomic E-state index is 12.0. The van der Waals surface area contributed by atoms with Crippen molar-refractivity contribution >= 4 is 17.6 Å². The highest BCUT2D eigenvalue weighted by molar-refractivity contribution is 5.93. The Morgan fingerprint density at radius 3 is 2.30 bits per heavy atom. The number of hydrogen-bond acceptors (Lipinski definition) is 3. The van der Waals surface area contributed by atoms with Crippen LogP contribution in [-0.4, -0.2) is 24.1 Å². The first kappa shape index (κ1) is 16.5. The average Bonchev–Trinajstić information content (AvgIpc) is 2.55. The molecule has 1 amide bonds. The van der Waals surface area contributed by atoms with Crippen molar-refractivity contribution < 1.29 is 19.4 Å². The summed E-state index contributed by atoms with van der Waals surface area (Å²) in [5, 5.41) is 12.1. The van der Waals surface area contributed by atoms with E-state index in [9.17, 15) is 14.7 Å². The van der Waals surface area contributed by atoms with E-state index in [0.717, 1.165) is 5.56 Å². The number of benzene rings is 2. The van der Waals surface area contributed by atoms with Crippen molar-refractivity contribution in [3.8, 4) is 5.75 Å². The molecule has 5 heteroatoms. The first-order valence-corrected chi connectivity index (χ1v) is 7.29. The number of methoxy groups -OCH3 is 1. The molecule has 0 bridgehead atoms. The molecule has 0 heterocycles. The second kappa shape index (κ2) is 7.98. The van der Waals surface area contributed by atoms with Crippen LogP contribution < -0.4 is 10.1 Å². The van der Waals surface area contributed by atoms with E-state index in [-0.39, 0.29) is 12.3 Å². The molecule has 0 saturated heterocycles. The number of carbonyl (C=O) groups excluding carboxylic acids is 1. The second-order valence-electron chi connectivity index (χ2n) is 5.21. The van der Waals surface area contributed by atoms with Gasteiger partial charge in [-0.2, -0.15) is 0 Å². The predicted octanol–water partition coefficient (Wildman–Crippen LogP) is 2.97. The number of para-hydroxylation sites is 1. The lowest BCUT2D eigenvalue weighted by atomic mass is 9.96. The number of hydrogen-bond donors (Lipinski definition) is 2. The summed E-state index contributed by atoms with van der Waals surface area (Å²) in [6.45, 7) is 0. The van der Waals surface area contributed by atoms with Crippen LogP contribution in [0.15, 0.2) is 54.6 Å². The number of rotatable bonds is 7. The zero-order valence-electron chi connectivity index (χ0n) is 12.9. The molecule has 23 heavy (non-hydrogen) atoms. The lowest BCUT2D eigenvalue weighted by molar-refractivity contribution is -0.143. The molecule has 0 fully saturated rings. The van der Waals surface area contributed by atoms with Gasteiger partial charge < -0.3 is 15.2 Å². The van der Waals surface area contributed by atoms with E-state index in [1.54, 1.807) is 31.4 Å². The van der Waals surface area contributed by atoms with E-state index in [4.69, 9.17) is 4.74 Å². The van der Waals surface area contributed by atoms with Crippen LogP contribution in [0.1, 0.15) is 12.0 Å². The van der Waals surface area contributed by atoms with Gasteiger partial charge in [0.15, 0.2) is 0 Å². The molecule has 1 atom stereocenters. The summed E-state index contributed by atoms with van der Waals surface area (Å²) in [7, 11) is 1.57. The quantitative estimate of drug-likeness (QED) is 0.824. The molecule has 120 valence electrons. The molecule has 0 aromatic heterocycles. The summed E-state index contributed by atoms with van der Waals surface area (Å²) < 4.78 is 5.07. The van der Waals surface area contributed by atoms with Crippen LogP contribution in [0.25, 0.3) is 0 Å². The van der Waals surface area contributed by atoms with E-state index >= 15 is 0 Å². The molecule has 0 spiro atoms. The number of carboxylic acid groups (broad SMARTS) is 1. The Balaban J connectivity index is 1.97. The summed E-state index contributed by atoms with van der Waals surface area (Å²) in [5.74, 6) is -1.35. The van der Waals surface area contributed by atoms with Crippen molar-refractivity contribution in [2.24, 2.45) is 5.92 Å². The normalized spacial score (nSPS) is 11.5. The van der Waals surface area contributed by atoms with Gasteiger partial charge in [-0.25, -0.2) is 0 Å². The SMILES string of the molecule is COc1ccc(C[C@@H](CC(=O)Nc2ccccc2)C(=O)O)cc1. The van der Waals surface area contributed by atoms with E-state index < -0.39 is 11.9 Å². The van der Waals surface area contributed by atoms with Gasteiger partial charge in [0.05, 0.1) is 13.0 Å². The largest absolute Gasteiger partial charge is 0.497 e. The summed E-state index contributed by atoms with van der Waals surface area (Å²) in [4.78, 5) is 23.4. The average molecular weight is 313 g/mol. The van der Waals surface area contributed by atoms with Gasteiger partial charge in [0.25, 0.3) is 0 Å². The van der Waals surface area contributed by atoms with Crippen molar-refractivity contribution in [1.29, 1.82) is 0 Å². The van der Waals surface area contributed by atoms with Gasteiger partial charge in [-0.05, 0) is 36.2 Å². The molecular weight excluding hydrogens is 294 g/mol. The maximum atomic E-state index is 12.0. The molecule has 2 aromatic rings. The topological polar surface area (TPSA) is 75.6 Å². The van der Waals surface area contributed by atoms with E-state index in [2.05, 4.69) is 5.32 Å².